The molecule has 1 amide bonds. The predicted molar refractivity (Wildman–Crippen MR) is 74.1 cm³/mol. The van der Waals surface area contributed by atoms with Gasteiger partial charge in [-0.3, -0.25) is 4.79 Å². The van der Waals surface area contributed by atoms with Gasteiger partial charge in [0.15, 0.2) is 0 Å². The molecule has 0 spiro atoms. The maximum absolute atomic E-state index is 12.1. The molecule has 0 atom stereocenters. The summed E-state index contributed by atoms with van der Waals surface area (Å²) in [6.07, 6.45) is 0. The topological polar surface area (TPSA) is 58.6 Å². The van der Waals surface area contributed by atoms with Gasteiger partial charge in [-0.1, -0.05) is 17.7 Å². The average Bonchev–Trinajstić information content (AvgIpc) is 2.40. The van der Waals surface area contributed by atoms with E-state index in [0.717, 1.165) is 0 Å². The van der Waals surface area contributed by atoms with Crippen molar-refractivity contribution in [1.29, 1.82) is 0 Å². The first kappa shape index (κ1) is 13.2. The number of amides is 1. The minimum absolute atomic E-state index is 0.0972. The molecule has 0 aliphatic carbocycles. The van der Waals surface area contributed by atoms with Crippen molar-refractivity contribution >= 4 is 23.2 Å². The molecule has 19 heavy (non-hydrogen) atoms. The quantitative estimate of drug-likeness (QED) is 0.905. The van der Waals surface area contributed by atoms with Crippen molar-refractivity contribution in [2.75, 3.05) is 12.4 Å². The van der Waals surface area contributed by atoms with Gasteiger partial charge in [0.2, 0.25) is 0 Å². The van der Waals surface area contributed by atoms with E-state index in [-0.39, 0.29) is 11.3 Å². The Kier molecular flexibility index (Phi) is 3.92. The maximum atomic E-state index is 12.1. The number of carbonyl (C=O) groups is 1. The summed E-state index contributed by atoms with van der Waals surface area (Å²) < 4.78 is 5.06. The van der Waals surface area contributed by atoms with Gasteiger partial charge < -0.3 is 15.2 Å². The lowest BCUT2D eigenvalue weighted by atomic mass is 10.1. The highest BCUT2D eigenvalue weighted by atomic mass is 35.5. The van der Waals surface area contributed by atoms with E-state index in [4.69, 9.17) is 16.3 Å². The molecule has 2 rings (SSSR count). The number of phenols is 1. The normalized spacial score (nSPS) is 10.0. The minimum Gasteiger partial charge on any atom is -0.507 e. The molecule has 0 saturated heterocycles. The van der Waals surface area contributed by atoms with Crippen LogP contribution in [0.5, 0.6) is 11.5 Å². The zero-order valence-corrected chi connectivity index (χ0v) is 10.9. The van der Waals surface area contributed by atoms with Crippen LogP contribution in [0.2, 0.25) is 5.02 Å². The maximum Gasteiger partial charge on any atom is 0.263 e. The van der Waals surface area contributed by atoms with Crippen LogP contribution in [-0.2, 0) is 0 Å². The number of benzene rings is 2. The second-order valence-corrected chi connectivity index (χ2v) is 4.25. The van der Waals surface area contributed by atoms with Crippen molar-refractivity contribution in [2.45, 2.75) is 0 Å². The lowest BCUT2D eigenvalue weighted by molar-refractivity contribution is 0.102. The van der Waals surface area contributed by atoms with Crippen LogP contribution in [0.15, 0.2) is 42.5 Å². The van der Waals surface area contributed by atoms with Gasteiger partial charge in [-0.2, -0.15) is 0 Å². The van der Waals surface area contributed by atoms with Crippen LogP contribution in [0.3, 0.4) is 0 Å². The van der Waals surface area contributed by atoms with Crippen LogP contribution in [0.1, 0.15) is 10.4 Å². The Bertz CT molecular complexity index is 596. The standard InChI is InChI=1S/C14H12ClNO3/c1-19-12-4-2-3-11(17)13(12)14(18)16-10-7-5-9(15)6-8-10/h2-8,17H,1H3,(H,16,18). The predicted octanol–water partition coefficient (Wildman–Crippen LogP) is 3.31. The average molecular weight is 278 g/mol. The van der Waals surface area contributed by atoms with Crippen molar-refractivity contribution < 1.29 is 14.6 Å². The molecule has 0 heterocycles. The van der Waals surface area contributed by atoms with E-state index in [1.807, 2.05) is 0 Å². The summed E-state index contributed by atoms with van der Waals surface area (Å²) in [5.74, 6) is -0.269. The highest BCUT2D eigenvalue weighted by Crippen LogP contribution is 2.28. The van der Waals surface area contributed by atoms with E-state index < -0.39 is 5.91 Å². The van der Waals surface area contributed by atoms with E-state index in [9.17, 15) is 9.90 Å². The van der Waals surface area contributed by atoms with Crippen molar-refractivity contribution in [3.05, 3.63) is 53.1 Å². The summed E-state index contributed by atoms with van der Waals surface area (Å²) in [7, 11) is 1.44. The molecule has 0 radical (unpaired) electrons. The van der Waals surface area contributed by atoms with Crippen molar-refractivity contribution in [3.8, 4) is 11.5 Å². The van der Waals surface area contributed by atoms with Gasteiger partial charge in [0.05, 0.1) is 7.11 Å². The van der Waals surface area contributed by atoms with E-state index >= 15 is 0 Å². The van der Waals surface area contributed by atoms with Crippen LogP contribution in [-0.4, -0.2) is 18.1 Å². The first-order valence-electron chi connectivity index (χ1n) is 5.54. The van der Waals surface area contributed by atoms with E-state index in [2.05, 4.69) is 5.32 Å². The summed E-state index contributed by atoms with van der Waals surface area (Å²) in [5.41, 5.74) is 0.680. The fourth-order valence-electron chi connectivity index (χ4n) is 1.64. The third kappa shape index (κ3) is 2.98. The number of ether oxygens (including phenoxy) is 1. The second-order valence-electron chi connectivity index (χ2n) is 3.82. The van der Waals surface area contributed by atoms with E-state index in [1.54, 1.807) is 36.4 Å². The fraction of sp³-hybridized carbons (Fsp3) is 0.0714. The van der Waals surface area contributed by atoms with Crippen LogP contribution >= 0.6 is 11.6 Å². The first-order chi connectivity index (χ1) is 9.11. The van der Waals surface area contributed by atoms with Crippen molar-refractivity contribution in [2.24, 2.45) is 0 Å². The molecule has 0 aliphatic rings. The number of hydrogen-bond donors (Lipinski definition) is 2. The van der Waals surface area contributed by atoms with E-state index in [1.165, 1.54) is 13.2 Å². The van der Waals surface area contributed by atoms with Crippen LogP contribution in [0.25, 0.3) is 0 Å². The first-order valence-corrected chi connectivity index (χ1v) is 5.92. The Hall–Kier alpha value is -2.20. The summed E-state index contributed by atoms with van der Waals surface area (Å²) in [6.45, 7) is 0. The number of rotatable bonds is 3. The van der Waals surface area contributed by atoms with Crippen LogP contribution in [0.4, 0.5) is 5.69 Å². The third-order valence-corrected chi connectivity index (χ3v) is 2.81. The Balaban J connectivity index is 2.27. The Morgan fingerprint density at radius 2 is 1.89 bits per heavy atom. The Morgan fingerprint density at radius 1 is 1.21 bits per heavy atom. The molecule has 2 N–H and O–H groups in total. The summed E-state index contributed by atoms with van der Waals surface area (Å²) >= 11 is 5.77. The van der Waals surface area contributed by atoms with Crippen molar-refractivity contribution in [1.82, 2.24) is 0 Å². The third-order valence-electron chi connectivity index (χ3n) is 2.55. The molecule has 2 aromatic rings. The highest BCUT2D eigenvalue weighted by molar-refractivity contribution is 6.30. The lowest BCUT2D eigenvalue weighted by Crippen LogP contribution is -2.13. The molecular formula is C14H12ClNO3. The minimum atomic E-state index is -0.447. The number of aromatic hydroxyl groups is 1. The second kappa shape index (κ2) is 5.63. The highest BCUT2D eigenvalue weighted by Gasteiger charge is 2.17. The molecular weight excluding hydrogens is 266 g/mol. The van der Waals surface area contributed by atoms with Gasteiger partial charge in [0, 0.05) is 10.7 Å². The van der Waals surface area contributed by atoms with E-state index in [0.29, 0.717) is 16.5 Å². The SMILES string of the molecule is COc1cccc(O)c1C(=O)Nc1ccc(Cl)cc1. The molecule has 0 unspecified atom stereocenters. The summed E-state index contributed by atoms with van der Waals surface area (Å²) in [4.78, 5) is 12.1. The van der Waals surface area contributed by atoms with Gasteiger partial charge in [-0.15, -0.1) is 0 Å². The monoisotopic (exact) mass is 277 g/mol. The van der Waals surface area contributed by atoms with Crippen LogP contribution in [0, 0.1) is 0 Å². The molecule has 0 aliphatic heterocycles. The van der Waals surface area contributed by atoms with Crippen molar-refractivity contribution in [3.63, 3.8) is 0 Å². The smallest absolute Gasteiger partial charge is 0.263 e. The largest absolute Gasteiger partial charge is 0.507 e. The van der Waals surface area contributed by atoms with Gasteiger partial charge in [-0.05, 0) is 36.4 Å². The van der Waals surface area contributed by atoms with Gasteiger partial charge in [0.25, 0.3) is 5.91 Å². The molecule has 0 fully saturated rings. The van der Waals surface area contributed by atoms with Gasteiger partial charge in [0.1, 0.15) is 17.1 Å². The Labute approximate surface area is 115 Å². The zero-order chi connectivity index (χ0) is 13.8. The van der Waals surface area contributed by atoms with Crippen LogP contribution < -0.4 is 10.1 Å². The fourth-order valence-corrected chi connectivity index (χ4v) is 1.77. The number of halogens is 1. The summed E-state index contributed by atoms with van der Waals surface area (Å²) in [5, 5.41) is 13.0. The number of methoxy groups -OCH3 is 1. The number of carbonyl (C=O) groups excluding carboxylic acids is 1. The molecule has 4 nitrogen and oxygen atoms in total. The zero-order valence-electron chi connectivity index (χ0n) is 10.2. The number of nitrogens with one attached hydrogen (secondary N) is 1. The molecule has 2 aromatic carbocycles. The summed E-state index contributed by atoms with van der Waals surface area (Å²) in [6, 6.07) is 11.3. The van der Waals surface area contributed by atoms with Gasteiger partial charge >= 0.3 is 0 Å². The molecule has 0 saturated carbocycles. The number of phenolic OH excluding ortho intramolecular Hbond substituents is 1. The van der Waals surface area contributed by atoms with Gasteiger partial charge in [-0.25, -0.2) is 0 Å². The molecule has 0 aromatic heterocycles. The number of hydrogen-bond acceptors (Lipinski definition) is 3. The number of anilines is 1. The lowest BCUT2D eigenvalue weighted by Gasteiger charge is -2.10. The molecule has 98 valence electrons. The Morgan fingerprint density at radius 3 is 2.53 bits per heavy atom. The molecule has 5 heteroatoms. The molecule has 0 bridgehead atoms.